The van der Waals surface area contributed by atoms with E-state index in [0.717, 1.165) is 18.4 Å². The molecule has 0 atom stereocenters. The van der Waals surface area contributed by atoms with Gasteiger partial charge in [-0.1, -0.05) is 47.2 Å². The third kappa shape index (κ3) is 3.78. The van der Waals surface area contributed by atoms with Crippen LogP contribution in [-0.2, 0) is 0 Å². The molecule has 3 aromatic rings. The molecule has 0 amide bonds. The lowest BCUT2D eigenvalue weighted by Crippen LogP contribution is -2.49. The molecule has 4 rings (SSSR count). The first-order valence-corrected chi connectivity index (χ1v) is 11.5. The van der Waals surface area contributed by atoms with Gasteiger partial charge in [-0.3, -0.25) is 0 Å². The van der Waals surface area contributed by atoms with Crippen LogP contribution in [0.2, 0.25) is 0 Å². The molecule has 0 spiro atoms. The topological polar surface area (TPSA) is 31.4 Å². The monoisotopic (exact) mass is 525 g/mol. The first-order valence-electron chi connectivity index (χ1n) is 10.7. The molecule has 1 aromatic heterocycles. The van der Waals surface area contributed by atoms with Gasteiger partial charge in [0, 0.05) is 11.1 Å². The Hall–Kier alpha value is -3.27. The number of hydrogen-bond donors (Lipinski definition) is 0. The summed E-state index contributed by atoms with van der Waals surface area (Å²) in [6.07, 6.45) is 0. The molecule has 0 aliphatic heterocycles. The van der Waals surface area contributed by atoms with E-state index in [0.29, 0.717) is 11.3 Å². The zero-order chi connectivity index (χ0) is 26.5. The Morgan fingerprint density at radius 2 is 1.42 bits per heavy atom. The van der Waals surface area contributed by atoms with Crippen LogP contribution in [0.5, 0.6) is 10.8 Å². The Labute approximate surface area is 207 Å². The molecule has 0 saturated heterocycles. The number of hydrogen-bond acceptors (Lipinski definition) is 4. The lowest BCUT2D eigenvalue weighted by Gasteiger charge is -2.26. The van der Waals surface area contributed by atoms with E-state index >= 15 is 17.6 Å². The second-order valence-corrected chi connectivity index (χ2v) is 9.26. The molecule has 10 heteroatoms. The molecule has 0 radical (unpaired) electrons. The van der Waals surface area contributed by atoms with Crippen LogP contribution in [0.15, 0.2) is 65.7 Å². The van der Waals surface area contributed by atoms with Crippen molar-refractivity contribution in [2.24, 2.45) is 0 Å². The van der Waals surface area contributed by atoms with Crippen LogP contribution >= 0.6 is 11.3 Å². The van der Waals surface area contributed by atoms with Gasteiger partial charge in [-0.15, -0.1) is 0 Å². The highest BCUT2D eigenvalue weighted by Crippen LogP contribution is 2.65. The third-order valence-corrected chi connectivity index (χ3v) is 6.90. The van der Waals surface area contributed by atoms with Crippen LogP contribution in [0.3, 0.4) is 0 Å². The van der Waals surface area contributed by atoms with Crippen molar-refractivity contribution in [2.45, 2.75) is 31.6 Å². The van der Waals surface area contributed by atoms with Gasteiger partial charge in [0.05, 0.1) is 19.8 Å². The number of thiazole rings is 1. The van der Waals surface area contributed by atoms with Gasteiger partial charge in [0.25, 0.3) is 0 Å². The standard InChI is InChI=1S/C26H21F6NO2S/c1-14(2)18(15-8-6-5-7-9-15)19-20(25(29,30)26(31,32)24(19,27)28)21-23(35-4)36-22(33-21)16-10-12-17(34-3)13-11-16/h5-13H,1-4H3. The highest BCUT2D eigenvalue weighted by Gasteiger charge is 2.81. The maximum Gasteiger partial charge on any atom is 0.380 e. The Morgan fingerprint density at radius 1 is 0.806 bits per heavy atom. The maximum absolute atomic E-state index is 15.4. The summed E-state index contributed by atoms with van der Waals surface area (Å²) in [4.78, 5) is 4.13. The molecule has 0 N–H and O–H groups in total. The van der Waals surface area contributed by atoms with Gasteiger partial charge in [-0.2, -0.15) is 26.3 Å². The highest BCUT2D eigenvalue weighted by molar-refractivity contribution is 7.17. The van der Waals surface area contributed by atoms with Crippen LogP contribution < -0.4 is 9.47 Å². The minimum Gasteiger partial charge on any atom is -0.497 e. The fourth-order valence-corrected chi connectivity index (χ4v) is 5.02. The van der Waals surface area contributed by atoms with Crippen LogP contribution in [0, 0.1) is 0 Å². The zero-order valence-corrected chi connectivity index (χ0v) is 20.5. The van der Waals surface area contributed by atoms with E-state index in [4.69, 9.17) is 9.47 Å². The van der Waals surface area contributed by atoms with Crippen molar-refractivity contribution in [3.05, 3.63) is 77.0 Å². The van der Waals surface area contributed by atoms with Crippen molar-refractivity contribution in [1.29, 1.82) is 0 Å². The van der Waals surface area contributed by atoms with E-state index in [1.165, 1.54) is 45.2 Å². The summed E-state index contributed by atoms with van der Waals surface area (Å²) >= 11 is 0.784. The number of nitrogens with zero attached hydrogens (tertiary/aromatic N) is 1. The molecule has 1 heterocycles. The fraction of sp³-hybridized carbons (Fsp3) is 0.269. The fourth-order valence-electron chi connectivity index (χ4n) is 4.12. The second-order valence-electron chi connectivity index (χ2n) is 8.30. The number of alkyl halides is 6. The zero-order valence-electron chi connectivity index (χ0n) is 19.6. The smallest absolute Gasteiger partial charge is 0.380 e. The van der Waals surface area contributed by atoms with Crippen molar-refractivity contribution < 1.29 is 35.8 Å². The van der Waals surface area contributed by atoms with Crippen LogP contribution in [0.1, 0.15) is 25.1 Å². The van der Waals surface area contributed by atoms with Crippen molar-refractivity contribution in [3.63, 3.8) is 0 Å². The largest absolute Gasteiger partial charge is 0.497 e. The average Bonchev–Trinajstić information content (AvgIpc) is 3.31. The highest BCUT2D eigenvalue weighted by atomic mass is 32.1. The molecule has 190 valence electrons. The molecular weight excluding hydrogens is 504 g/mol. The van der Waals surface area contributed by atoms with Gasteiger partial charge < -0.3 is 9.47 Å². The van der Waals surface area contributed by atoms with E-state index < -0.39 is 40.2 Å². The minimum absolute atomic E-state index is 0.0998. The summed E-state index contributed by atoms with van der Waals surface area (Å²) < 4.78 is 101. The number of methoxy groups -OCH3 is 2. The number of halogens is 6. The Balaban J connectivity index is 2.06. The van der Waals surface area contributed by atoms with Gasteiger partial charge in [0.15, 0.2) is 0 Å². The summed E-state index contributed by atoms with van der Waals surface area (Å²) in [6, 6.07) is 13.8. The van der Waals surface area contributed by atoms with Crippen LogP contribution in [0.25, 0.3) is 21.7 Å². The van der Waals surface area contributed by atoms with Gasteiger partial charge in [0.2, 0.25) is 5.06 Å². The summed E-state index contributed by atoms with van der Waals surface area (Å²) in [5.74, 6) is -15.6. The first kappa shape index (κ1) is 25.8. The van der Waals surface area contributed by atoms with Crippen molar-refractivity contribution in [3.8, 4) is 21.4 Å². The predicted octanol–water partition coefficient (Wildman–Crippen LogP) is 7.99. The lowest BCUT2D eigenvalue weighted by atomic mass is 9.89. The summed E-state index contributed by atoms with van der Waals surface area (Å²) in [6.45, 7) is 2.80. The molecule has 2 aromatic carbocycles. The second kappa shape index (κ2) is 8.99. The molecule has 0 fully saturated rings. The lowest BCUT2D eigenvalue weighted by molar-refractivity contribution is -0.258. The number of aromatic nitrogens is 1. The molecule has 36 heavy (non-hydrogen) atoms. The average molecular weight is 526 g/mol. The minimum atomic E-state index is -5.70. The number of rotatable bonds is 6. The summed E-state index contributed by atoms with van der Waals surface area (Å²) in [5.41, 5.74) is -3.46. The molecular formula is C26H21F6NO2S. The van der Waals surface area contributed by atoms with Crippen molar-refractivity contribution in [1.82, 2.24) is 4.98 Å². The number of allylic oxidation sites excluding steroid dienone is 4. The molecule has 0 unspecified atom stereocenters. The van der Waals surface area contributed by atoms with Gasteiger partial charge in [-0.25, -0.2) is 4.98 Å². The van der Waals surface area contributed by atoms with E-state index in [1.807, 2.05) is 0 Å². The molecule has 3 nitrogen and oxygen atoms in total. The van der Waals surface area contributed by atoms with Gasteiger partial charge >= 0.3 is 17.8 Å². The van der Waals surface area contributed by atoms with Crippen molar-refractivity contribution in [2.75, 3.05) is 14.2 Å². The van der Waals surface area contributed by atoms with Gasteiger partial charge in [0.1, 0.15) is 16.5 Å². The van der Waals surface area contributed by atoms with E-state index in [-0.39, 0.29) is 21.2 Å². The van der Waals surface area contributed by atoms with E-state index in [9.17, 15) is 8.78 Å². The first-order chi connectivity index (χ1) is 16.9. The van der Waals surface area contributed by atoms with Crippen LogP contribution in [-0.4, -0.2) is 37.0 Å². The number of ether oxygens (including phenoxy) is 2. The third-order valence-electron chi connectivity index (χ3n) is 5.83. The van der Waals surface area contributed by atoms with Gasteiger partial charge in [-0.05, 0) is 49.2 Å². The maximum atomic E-state index is 15.4. The SMILES string of the molecule is COc1ccc(-c2nc(C3=C(C(=C(C)C)c4ccccc4)C(F)(F)C(F)(F)C3(F)F)c(OC)s2)cc1. The van der Waals surface area contributed by atoms with Crippen LogP contribution in [0.4, 0.5) is 26.3 Å². The van der Waals surface area contributed by atoms with E-state index in [2.05, 4.69) is 4.98 Å². The quantitative estimate of drug-likeness (QED) is 0.306. The Bertz CT molecular complexity index is 1340. The normalized spacial score (nSPS) is 17.7. The molecule has 1 aliphatic carbocycles. The molecule has 0 bridgehead atoms. The molecule has 0 saturated carbocycles. The summed E-state index contributed by atoms with van der Waals surface area (Å²) in [7, 11) is 2.60. The summed E-state index contributed by atoms with van der Waals surface area (Å²) in [5, 5.41) is -0.160. The predicted molar refractivity (Wildman–Crippen MR) is 127 cm³/mol. The Morgan fingerprint density at radius 3 is 1.94 bits per heavy atom. The number of benzene rings is 2. The molecule has 1 aliphatic rings. The van der Waals surface area contributed by atoms with Crippen molar-refractivity contribution >= 4 is 22.5 Å². The van der Waals surface area contributed by atoms with E-state index in [1.54, 1.807) is 30.3 Å². The Kier molecular flexibility index (Phi) is 6.45.